The predicted molar refractivity (Wildman–Crippen MR) is 83.9 cm³/mol. The molecule has 1 aliphatic rings. The van der Waals surface area contributed by atoms with Crippen LogP contribution >= 0.6 is 23.2 Å². The van der Waals surface area contributed by atoms with Crippen molar-refractivity contribution in [1.82, 2.24) is 14.8 Å². The Morgan fingerprint density at radius 3 is 3.00 bits per heavy atom. The van der Waals surface area contributed by atoms with Crippen molar-refractivity contribution in [2.75, 3.05) is 6.61 Å². The largest absolute Gasteiger partial charge is 0.342 e. The van der Waals surface area contributed by atoms with Crippen molar-refractivity contribution >= 4 is 23.2 Å². The van der Waals surface area contributed by atoms with Gasteiger partial charge in [0.15, 0.2) is 0 Å². The molecule has 7 heteroatoms. The van der Waals surface area contributed by atoms with E-state index >= 15 is 0 Å². The molecule has 1 fully saturated rings. The first-order valence-electron chi connectivity index (χ1n) is 7.22. The van der Waals surface area contributed by atoms with Gasteiger partial charge in [-0.1, -0.05) is 42.6 Å². The Kier molecular flexibility index (Phi) is 4.68. The lowest BCUT2D eigenvalue weighted by molar-refractivity contribution is -0.189. The molecule has 2 atom stereocenters. The topological polar surface area (TPSA) is 49.2 Å². The SMILES string of the molecule is CCCC1COC(Cn2[14cH]n[14cH]n2)(c2ccc(Cl)cc2Cl)O1. The lowest BCUT2D eigenvalue weighted by Gasteiger charge is -2.29. The maximum absolute atomic E-state index is 6.37. The summed E-state index contributed by atoms with van der Waals surface area (Å²) in [5.74, 6) is -0.963. The summed E-state index contributed by atoms with van der Waals surface area (Å²) in [6.45, 7) is 3.03. The van der Waals surface area contributed by atoms with Gasteiger partial charge in [0.25, 0.3) is 0 Å². The fourth-order valence-corrected chi connectivity index (χ4v) is 3.22. The summed E-state index contributed by atoms with van der Waals surface area (Å²) in [6, 6.07) is 5.32. The van der Waals surface area contributed by atoms with Gasteiger partial charge < -0.3 is 9.47 Å². The van der Waals surface area contributed by atoms with Gasteiger partial charge in [-0.2, -0.15) is 5.10 Å². The highest BCUT2D eigenvalue weighted by Gasteiger charge is 2.45. The van der Waals surface area contributed by atoms with Crippen molar-refractivity contribution in [2.24, 2.45) is 0 Å². The summed E-state index contributed by atoms with van der Waals surface area (Å²) >= 11 is 12.4. The number of rotatable bonds is 5. The molecule has 1 saturated heterocycles. The van der Waals surface area contributed by atoms with Crippen LogP contribution in [0.1, 0.15) is 25.3 Å². The van der Waals surface area contributed by atoms with Crippen LogP contribution in [0.3, 0.4) is 0 Å². The van der Waals surface area contributed by atoms with Crippen LogP contribution in [-0.4, -0.2) is 27.5 Å². The number of benzene rings is 1. The van der Waals surface area contributed by atoms with E-state index in [0.29, 0.717) is 23.2 Å². The van der Waals surface area contributed by atoms with E-state index in [9.17, 15) is 0 Å². The lowest BCUT2D eigenvalue weighted by Crippen LogP contribution is -2.34. The van der Waals surface area contributed by atoms with Gasteiger partial charge in [0, 0.05) is 10.6 Å². The highest BCUT2D eigenvalue weighted by atomic mass is 35.5. The molecule has 0 bridgehead atoms. The Hall–Kier alpha value is -1.14. The van der Waals surface area contributed by atoms with E-state index < -0.39 is 5.79 Å². The smallest absolute Gasteiger partial charge is 0.217 e. The van der Waals surface area contributed by atoms with E-state index in [1.807, 2.05) is 6.07 Å². The molecule has 118 valence electrons. The van der Waals surface area contributed by atoms with Crippen molar-refractivity contribution in [3.8, 4) is 0 Å². The normalized spacial score (nSPS) is 24.8. The molecular formula is C15H17Cl2N3O2. The van der Waals surface area contributed by atoms with Crippen molar-refractivity contribution in [3.63, 3.8) is 0 Å². The zero-order chi connectivity index (χ0) is 15.6. The Morgan fingerprint density at radius 2 is 2.32 bits per heavy atom. The van der Waals surface area contributed by atoms with Crippen LogP contribution in [0.5, 0.6) is 0 Å². The van der Waals surface area contributed by atoms with E-state index in [1.54, 1.807) is 23.1 Å². The number of halogens is 2. The fraction of sp³-hybridized carbons (Fsp3) is 0.467. The van der Waals surface area contributed by atoms with Crippen LogP contribution in [0.2, 0.25) is 10.0 Å². The summed E-state index contributed by atoms with van der Waals surface area (Å²) in [5.41, 5.74) is 0.757. The average Bonchev–Trinajstić information content (AvgIpc) is 3.10. The Bertz CT molecular complexity index is 636. The maximum Gasteiger partial charge on any atom is 0.217 e. The monoisotopic (exact) mass is 345 g/mol. The van der Waals surface area contributed by atoms with Gasteiger partial charge in [-0.05, 0) is 18.6 Å². The summed E-state index contributed by atoms with van der Waals surface area (Å²) in [4.78, 5) is 3.97. The van der Waals surface area contributed by atoms with E-state index in [0.717, 1.165) is 18.4 Å². The fourth-order valence-electron chi connectivity index (χ4n) is 2.66. The van der Waals surface area contributed by atoms with Crippen LogP contribution in [0.15, 0.2) is 30.9 Å². The van der Waals surface area contributed by atoms with Crippen molar-refractivity contribution in [2.45, 2.75) is 38.2 Å². The van der Waals surface area contributed by atoms with E-state index in [-0.39, 0.29) is 6.10 Å². The molecule has 0 radical (unpaired) electrons. The second-order valence-electron chi connectivity index (χ2n) is 5.31. The summed E-state index contributed by atoms with van der Waals surface area (Å²) in [7, 11) is 0. The molecule has 0 N–H and O–H groups in total. The Balaban J connectivity index is 1.96. The van der Waals surface area contributed by atoms with Gasteiger partial charge in [-0.3, -0.25) is 0 Å². The zero-order valence-electron chi connectivity index (χ0n) is 12.2. The van der Waals surface area contributed by atoms with Crippen LogP contribution in [0, 0.1) is 0 Å². The lowest BCUT2D eigenvalue weighted by atomic mass is 10.1. The third kappa shape index (κ3) is 3.13. The number of aromatic nitrogens is 3. The van der Waals surface area contributed by atoms with Crippen molar-refractivity contribution < 1.29 is 9.47 Å². The molecule has 0 saturated carbocycles. The molecule has 0 spiro atoms. The number of hydrogen-bond donors (Lipinski definition) is 0. The molecule has 22 heavy (non-hydrogen) atoms. The first kappa shape index (κ1) is 15.7. The molecule has 5 nitrogen and oxygen atoms in total. The molecule has 3 rings (SSSR count). The number of ether oxygens (including phenoxy) is 2. The first-order chi connectivity index (χ1) is 10.6. The standard InChI is InChI=1S/C15H17Cl2N3O2/c1-2-3-12-7-21-15(22-12,8-20-10-18-9-19-20)13-5-4-11(16)6-14(13)17/h4-6,9-10,12H,2-3,7-8H2,1H3/i9+2,10+2. The number of hydrogen-bond acceptors (Lipinski definition) is 4. The third-order valence-electron chi connectivity index (χ3n) is 3.65. The minimum absolute atomic E-state index is 0.0419. The second kappa shape index (κ2) is 6.54. The molecule has 1 aromatic heterocycles. The van der Waals surface area contributed by atoms with Gasteiger partial charge >= 0.3 is 0 Å². The molecule has 0 aliphatic carbocycles. The average molecular weight is 346 g/mol. The third-order valence-corrected chi connectivity index (χ3v) is 4.20. The molecule has 1 aromatic carbocycles. The minimum atomic E-state index is -0.963. The van der Waals surface area contributed by atoms with Crippen molar-refractivity contribution in [1.29, 1.82) is 0 Å². The van der Waals surface area contributed by atoms with Gasteiger partial charge in [0.1, 0.15) is 19.2 Å². The van der Waals surface area contributed by atoms with Crippen LogP contribution in [0.4, 0.5) is 0 Å². The van der Waals surface area contributed by atoms with Crippen molar-refractivity contribution in [3.05, 3.63) is 46.5 Å². The molecule has 1 aliphatic heterocycles. The quantitative estimate of drug-likeness (QED) is 0.829. The Labute approximate surface area is 139 Å². The molecule has 2 unspecified atom stereocenters. The summed E-state index contributed by atoms with van der Waals surface area (Å²) in [5, 5.41) is 5.24. The molecule has 2 heterocycles. The van der Waals surface area contributed by atoms with Gasteiger partial charge in [-0.15, -0.1) is 0 Å². The Morgan fingerprint density at radius 1 is 1.45 bits per heavy atom. The first-order valence-corrected chi connectivity index (χ1v) is 7.98. The highest BCUT2D eigenvalue weighted by Crippen LogP contribution is 2.41. The van der Waals surface area contributed by atoms with Crippen LogP contribution in [0.25, 0.3) is 0 Å². The molecule has 2 aromatic rings. The van der Waals surface area contributed by atoms with Gasteiger partial charge in [0.05, 0.1) is 17.7 Å². The van der Waals surface area contributed by atoms with Gasteiger partial charge in [0.2, 0.25) is 5.79 Å². The van der Waals surface area contributed by atoms with Crippen LogP contribution in [-0.2, 0) is 21.8 Å². The predicted octanol–water partition coefficient (Wildman–Crippen LogP) is 3.65. The summed E-state index contributed by atoms with van der Waals surface area (Å²) in [6.07, 6.45) is 5.12. The van der Waals surface area contributed by atoms with E-state index in [4.69, 9.17) is 32.7 Å². The van der Waals surface area contributed by atoms with E-state index in [2.05, 4.69) is 17.0 Å². The second-order valence-corrected chi connectivity index (χ2v) is 6.15. The maximum atomic E-state index is 6.37. The zero-order valence-corrected chi connectivity index (χ0v) is 13.7. The minimum Gasteiger partial charge on any atom is -0.342 e. The molecule has 0 amide bonds. The number of nitrogens with zero attached hydrogens (tertiary/aromatic N) is 3. The highest BCUT2D eigenvalue weighted by molar-refractivity contribution is 6.35. The van der Waals surface area contributed by atoms with E-state index in [1.165, 1.54) is 6.33 Å². The van der Waals surface area contributed by atoms with Crippen LogP contribution < -0.4 is 0 Å². The van der Waals surface area contributed by atoms with Gasteiger partial charge in [-0.25, -0.2) is 9.67 Å². The summed E-state index contributed by atoms with van der Waals surface area (Å²) < 4.78 is 14.0. The molecular weight excluding hydrogens is 329 g/mol.